The molecule has 1 aliphatic rings. The molecule has 0 amide bonds. The molecule has 0 atom stereocenters. The maximum atomic E-state index is 12.0. The highest BCUT2D eigenvalue weighted by atomic mass is 16.5. The van der Waals surface area contributed by atoms with Crippen molar-refractivity contribution in [2.45, 2.75) is 33.2 Å². The molecule has 21 heavy (non-hydrogen) atoms. The number of hydrogen-bond donors (Lipinski definition) is 1. The summed E-state index contributed by atoms with van der Waals surface area (Å²) in [5, 5.41) is 9.99. The zero-order valence-electron chi connectivity index (χ0n) is 12.7. The molecule has 1 aliphatic carbocycles. The van der Waals surface area contributed by atoms with Gasteiger partial charge in [-0.15, -0.1) is 0 Å². The molecule has 1 aromatic rings. The molecule has 0 spiro atoms. The molecule has 0 unspecified atom stereocenters. The second-order valence-corrected chi connectivity index (χ2v) is 6.12. The van der Waals surface area contributed by atoms with E-state index in [0.717, 1.165) is 11.3 Å². The van der Waals surface area contributed by atoms with Crippen LogP contribution in [0.3, 0.4) is 0 Å². The van der Waals surface area contributed by atoms with E-state index in [1.54, 1.807) is 7.11 Å². The molecule has 112 valence electrons. The summed E-state index contributed by atoms with van der Waals surface area (Å²) in [6.07, 6.45) is 2.46. The molecule has 4 heteroatoms. The van der Waals surface area contributed by atoms with Gasteiger partial charge in [-0.25, -0.2) is 0 Å². The number of allylic oxidation sites excluding steroid dienone is 2. The Bertz CT molecular complexity index is 583. The van der Waals surface area contributed by atoms with Gasteiger partial charge in [-0.3, -0.25) is 9.79 Å². The number of benzene rings is 1. The van der Waals surface area contributed by atoms with E-state index < -0.39 is 0 Å². The van der Waals surface area contributed by atoms with Crippen LogP contribution in [-0.4, -0.2) is 24.2 Å². The van der Waals surface area contributed by atoms with Crippen LogP contribution in [0, 0.1) is 5.41 Å². The molecule has 0 aromatic heterocycles. The summed E-state index contributed by atoms with van der Waals surface area (Å²) in [6, 6.07) is 7.60. The van der Waals surface area contributed by atoms with Crippen molar-refractivity contribution in [3.8, 4) is 5.75 Å². The third-order valence-electron chi connectivity index (χ3n) is 3.55. The number of hydrogen-bond acceptors (Lipinski definition) is 4. The zero-order valence-corrected chi connectivity index (χ0v) is 12.7. The molecule has 0 bridgehead atoms. The maximum Gasteiger partial charge on any atom is 0.168 e. The van der Waals surface area contributed by atoms with Gasteiger partial charge in [0.2, 0.25) is 0 Å². The normalized spacial score (nSPS) is 18.3. The first-order chi connectivity index (χ1) is 9.91. The second kappa shape index (κ2) is 6.12. The molecule has 1 N–H and O–H groups in total. The van der Waals surface area contributed by atoms with E-state index >= 15 is 0 Å². The Morgan fingerprint density at radius 1 is 1.29 bits per heavy atom. The summed E-state index contributed by atoms with van der Waals surface area (Å²) in [6.45, 7) is 4.43. The average molecular weight is 287 g/mol. The number of ketones is 1. The number of Topliss-reactive ketones (excluding diaryl/α,β-unsaturated/α-hetero) is 1. The minimum Gasteiger partial charge on any atom is -0.511 e. The van der Waals surface area contributed by atoms with E-state index in [2.05, 4.69) is 4.99 Å². The van der Waals surface area contributed by atoms with Crippen LogP contribution in [0.15, 0.2) is 40.6 Å². The van der Waals surface area contributed by atoms with Crippen molar-refractivity contribution in [3.05, 3.63) is 41.2 Å². The Labute approximate surface area is 125 Å². The topological polar surface area (TPSA) is 58.9 Å². The van der Waals surface area contributed by atoms with E-state index in [4.69, 9.17) is 4.74 Å². The van der Waals surface area contributed by atoms with Gasteiger partial charge >= 0.3 is 0 Å². The SMILES string of the molecule is COc1ccc(CN=CC2=C(O)CC(C)(C)CC2=O)cc1. The van der Waals surface area contributed by atoms with E-state index in [1.807, 2.05) is 38.1 Å². The average Bonchev–Trinajstić information content (AvgIpc) is 2.41. The Balaban J connectivity index is 2.05. The van der Waals surface area contributed by atoms with Crippen LogP contribution in [0.4, 0.5) is 0 Å². The summed E-state index contributed by atoms with van der Waals surface area (Å²) in [4.78, 5) is 16.3. The number of carbonyl (C=O) groups excluding carboxylic acids is 1. The molecule has 0 saturated carbocycles. The predicted molar refractivity (Wildman–Crippen MR) is 82.9 cm³/mol. The van der Waals surface area contributed by atoms with Gasteiger partial charge in [0, 0.05) is 19.1 Å². The summed E-state index contributed by atoms with van der Waals surface area (Å²) in [5.41, 5.74) is 1.20. The summed E-state index contributed by atoms with van der Waals surface area (Å²) in [5.74, 6) is 0.907. The number of aliphatic imine (C=N–C) groups is 1. The molecule has 1 aromatic carbocycles. The molecule has 0 saturated heterocycles. The van der Waals surface area contributed by atoms with Gasteiger partial charge < -0.3 is 9.84 Å². The predicted octanol–water partition coefficient (Wildman–Crippen LogP) is 3.47. The molecule has 0 aliphatic heterocycles. The minimum absolute atomic E-state index is 0.0396. The van der Waals surface area contributed by atoms with Crippen molar-refractivity contribution in [1.29, 1.82) is 0 Å². The fourth-order valence-corrected chi connectivity index (χ4v) is 2.42. The number of nitrogens with zero attached hydrogens (tertiary/aromatic N) is 1. The van der Waals surface area contributed by atoms with Crippen LogP contribution in [0.5, 0.6) is 5.75 Å². The highest BCUT2D eigenvalue weighted by Gasteiger charge is 2.32. The first-order valence-electron chi connectivity index (χ1n) is 6.99. The number of methoxy groups -OCH3 is 1. The minimum atomic E-state index is -0.172. The molecule has 0 fully saturated rings. The van der Waals surface area contributed by atoms with Crippen molar-refractivity contribution >= 4 is 12.0 Å². The van der Waals surface area contributed by atoms with Crippen LogP contribution >= 0.6 is 0 Å². The Hall–Kier alpha value is -2.10. The first-order valence-corrected chi connectivity index (χ1v) is 6.99. The van der Waals surface area contributed by atoms with Crippen LogP contribution in [-0.2, 0) is 11.3 Å². The van der Waals surface area contributed by atoms with Gasteiger partial charge in [0.1, 0.15) is 11.5 Å². The summed E-state index contributed by atoms with van der Waals surface area (Å²) in [7, 11) is 1.62. The van der Waals surface area contributed by atoms with E-state index in [1.165, 1.54) is 6.21 Å². The van der Waals surface area contributed by atoms with Crippen molar-refractivity contribution in [2.24, 2.45) is 10.4 Å². The zero-order chi connectivity index (χ0) is 15.5. The lowest BCUT2D eigenvalue weighted by atomic mass is 9.77. The van der Waals surface area contributed by atoms with Crippen LogP contribution in [0.25, 0.3) is 0 Å². The van der Waals surface area contributed by atoms with Crippen LogP contribution < -0.4 is 4.74 Å². The Morgan fingerprint density at radius 3 is 2.52 bits per heavy atom. The Morgan fingerprint density at radius 2 is 1.95 bits per heavy atom. The van der Waals surface area contributed by atoms with E-state index in [9.17, 15) is 9.90 Å². The molecule has 0 heterocycles. The lowest BCUT2D eigenvalue weighted by Crippen LogP contribution is -2.26. The lowest BCUT2D eigenvalue weighted by Gasteiger charge is -2.28. The molecule has 0 radical (unpaired) electrons. The fourth-order valence-electron chi connectivity index (χ4n) is 2.42. The number of aliphatic hydroxyl groups excluding tert-OH is 1. The van der Waals surface area contributed by atoms with Crippen LogP contribution in [0.2, 0.25) is 0 Å². The fraction of sp³-hybridized carbons (Fsp3) is 0.412. The van der Waals surface area contributed by atoms with Crippen molar-refractivity contribution < 1.29 is 14.6 Å². The Kier molecular flexibility index (Phi) is 4.46. The van der Waals surface area contributed by atoms with Gasteiger partial charge in [-0.2, -0.15) is 0 Å². The number of carbonyl (C=O) groups is 1. The van der Waals surface area contributed by atoms with Crippen molar-refractivity contribution in [1.82, 2.24) is 0 Å². The van der Waals surface area contributed by atoms with Gasteiger partial charge in [-0.05, 0) is 23.1 Å². The molecular formula is C17H21NO3. The van der Waals surface area contributed by atoms with Crippen LogP contribution in [0.1, 0.15) is 32.3 Å². The molecular weight excluding hydrogens is 266 g/mol. The number of aliphatic hydroxyl groups is 1. The monoisotopic (exact) mass is 287 g/mol. The quantitative estimate of drug-likeness (QED) is 0.863. The summed E-state index contributed by atoms with van der Waals surface area (Å²) < 4.78 is 5.09. The van der Waals surface area contributed by atoms with E-state index in [-0.39, 0.29) is 17.0 Å². The lowest BCUT2D eigenvalue weighted by molar-refractivity contribution is -0.117. The third kappa shape index (κ3) is 3.94. The van der Waals surface area contributed by atoms with Gasteiger partial charge in [-0.1, -0.05) is 26.0 Å². The second-order valence-electron chi connectivity index (χ2n) is 6.12. The highest BCUT2D eigenvalue weighted by molar-refractivity contribution is 6.14. The standard InChI is InChI=1S/C17H21NO3/c1-17(2)8-15(19)14(16(20)9-17)11-18-10-12-4-6-13(21-3)7-5-12/h4-7,11,19H,8-10H2,1-3H3. The van der Waals surface area contributed by atoms with Gasteiger partial charge in [0.15, 0.2) is 5.78 Å². The number of rotatable bonds is 4. The number of ether oxygens (including phenoxy) is 1. The van der Waals surface area contributed by atoms with Crippen molar-refractivity contribution in [2.75, 3.05) is 7.11 Å². The summed E-state index contributed by atoms with van der Waals surface area (Å²) >= 11 is 0. The van der Waals surface area contributed by atoms with E-state index in [0.29, 0.717) is 25.0 Å². The molecule has 2 rings (SSSR count). The van der Waals surface area contributed by atoms with Gasteiger partial charge in [0.05, 0.1) is 19.2 Å². The van der Waals surface area contributed by atoms with Crippen molar-refractivity contribution in [3.63, 3.8) is 0 Å². The smallest absolute Gasteiger partial charge is 0.168 e. The first kappa shape index (κ1) is 15.3. The molecule has 4 nitrogen and oxygen atoms in total. The van der Waals surface area contributed by atoms with Gasteiger partial charge in [0.25, 0.3) is 0 Å². The largest absolute Gasteiger partial charge is 0.511 e. The maximum absolute atomic E-state index is 12.0. The highest BCUT2D eigenvalue weighted by Crippen LogP contribution is 2.35. The third-order valence-corrected chi connectivity index (χ3v) is 3.55.